The maximum Gasteiger partial charge on any atom is 0.330 e. The predicted octanol–water partition coefficient (Wildman–Crippen LogP) is 3.28. The molecule has 2 aromatic rings. The molecule has 2 atom stereocenters. The van der Waals surface area contributed by atoms with Crippen molar-refractivity contribution in [3.63, 3.8) is 0 Å². The number of piperazine rings is 1. The molecule has 2 unspecified atom stereocenters. The first kappa shape index (κ1) is 23.0. The summed E-state index contributed by atoms with van der Waals surface area (Å²) >= 11 is 0. The van der Waals surface area contributed by atoms with Crippen molar-refractivity contribution in [1.82, 2.24) is 4.90 Å². The molecule has 1 N–H and O–H groups in total. The van der Waals surface area contributed by atoms with Crippen LogP contribution >= 0.6 is 0 Å². The summed E-state index contributed by atoms with van der Waals surface area (Å²) in [6.07, 6.45) is -0.941. The van der Waals surface area contributed by atoms with E-state index in [4.69, 9.17) is 0 Å². The second kappa shape index (κ2) is 8.44. The molecule has 1 aliphatic rings. The Hall–Kier alpha value is -2.70. The van der Waals surface area contributed by atoms with E-state index in [1.54, 1.807) is 0 Å². The summed E-state index contributed by atoms with van der Waals surface area (Å²) in [6.45, 7) is 7.88. The lowest BCUT2D eigenvalue weighted by Gasteiger charge is -2.59. The van der Waals surface area contributed by atoms with Crippen LogP contribution in [0.2, 0.25) is 0 Å². The zero-order valence-electron chi connectivity index (χ0n) is 18.7. The molecule has 1 fully saturated rings. The maximum atomic E-state index is 12.9. The molecule has 0 spiro atoms. The molecule has 3 rings (SSSR count). The molecular weight excluding hydrogens is 392 g/mol. The van der Waals surface area contributed by atoms with Crippen LogP contribution in [0, 0.1) is 0 Å². The number of carboxylic acids is 1. The topological polar surface area (TPSA) is 80.7 Å². The van der Waals surface area contributed by atoms with Crippen molar-refractivity contribution in [3.05, 3.63) is 71.8 Å². The molecule has 1 amide bonds. The first-order valence-electron chi connectivity index (χ1n) is 10.8. The summed E-state index contributed by atoms with van der Waals surface area (Å²) in [5.41, 5.74) is -0.0912. The van der Waals surface area contributed by atoms with E-state index in [1.165, 1.54) is 0 Å². The van der Waals surface area contributed by atoms with Crippen LogP contribution in [-0.2, 0) is 4.79 Å². The van der Waals surface area contributed by atoms with Gasteiger partial charge in [-0.15, -0.1) is 0 Å². The van der Waals surface area contributed by atoms with Gasteiger partial charge in [0.2, 0.25) is 0 Å². The average molecular weight is 425 g/mol. The van der Waals surface area contributed by atoms with Gasteiger partial charge >= 0.3 is 5.97 Å². The molecule has 0 saturated carbocycles. The van der Waals surface area contributed by atoms with Crippen LogP contribution in [0.4, 0.5) is 4.79 Å². The predicted molar refractivity (Wildman–Crippen MR) is 117 cm³/mol. The standard InChI is InChI=1S/C25H32N2O4/c1-5-25(22(28)29)18-27(23(30)31,24(2,3)4)17-16-26(25)21(19-12-8-6-9-13-19)20-14-10-7-11-15-20/h6-15,21H,5,16-18H2,1-4H3,(H-,28,29,30,31). The highest BCUT2D eigenvalue weighted by atomic mass is 16.4. The largest absolute Gasteiger partial charge is 0.498 e. The Morgan fingerprint density at radius 3 is 1.90 bits per heavy atom. The van der Waals surface area contributed by atoms with E-state index in [-0.39, 0.29) is 30.0 Å². The molecule has 0 aliphatic carbocycles. The van der Waals surface area contributed by atoms with Gasteiger partial charge in [0.25, 0.3) is 6.09 Å². The number of carboxylic acid groups (broad SMARTS) is 2. The summed E-state index contributed by atoms with van der Waals surface area (Å²) in [6, 6.07) is 19.3. The van der Waals surface area contributed by atoms with Gasteiger partial charge in [0.05, 0.1) is 24.7 Å². The van der Waals surface area contributed by atoms with Crippen molar-refractivity contribution in [2.45, 2.75) is 51.2 Å². The molecule has 1 saturated heterocycles. The van der Waals surface area contributed by atoms with E-state index in [0.717, 1.165) is 11.1 Å². The number of quaternary nitrogens is 1. The summed E-state index contributed by atoms with van der Waals surface area (Å²) in [4.78, 5) is 27.3. The molecule has 1 heterocycles. The van der Waals surface area contributed by atoms with E-state index < -0.39 is 23.1 Å². The molecule has 2 aromatic carbocycles. The lowest BCUT2D eigenvalue weighted by Crippen LogP contribution is -2.80. The Balaban J connectivity index is 2.20. The van der Waals surface area contributed by atoms with E-state index in [9.17, 15) is 19.8 Å². The second-order valence-electron chi connectivity index (χ2n) is 9.39. The van der Waals surface area contributed by atoms with Gasteiger partial charge in [-0.2, -0.15) is 0 Å². The van der Waals surface area contributed by atoms with Crippen LogP contribution in [0.3, 0.4) is 0 Å². The van der Waals surface area contributed by atoms with Crippen LogP contribution < -0.4 is 5.11 Å². The number of amides is 1. The monoisotopic (exact) mass is 424 g/mol. The molecule has 0 aromatic heterocycles. The van der Waals surface area contributed by atoms with Gasteiger partial charge in [-0.3, -0.25) is 9.38 Å². The third-order valence-electron chi connectivity index (χ3n) is 6.96. The number of hydrogen-bond acceptors (Lipinski definition) is 4. The molecule has 6 heteroatoms. The van der Waals surface area contributed by atoms with Gasteiger partial charge in [0.1, 0.15) is 6.54 Å². The Kier molecular flexibility index (Phi) is 6.25. The van der Waals surface area contributed by atoms with Crippen LogP contribution in [0.25, 0.3) is 0 Å². The van der Waals surface area contributed by atoms with Crippen LogP contribution in [0.15, 0.2) is 60.7 Å². The second-order valence-corrected chi connectivity index (χ2v) is 9.39. The molecule has 0 bridgehead atoms. The van der Waals surface area contributed by atoms with Crippen molar-refractivity contribution in [2.75, 3.05) is 19.6 Å². The molecular formula is C25H32N2O4. The number of hydrogen-bond donors (Lipinski definition) is 1. The van der Waals surface area contributed by atoms with Crippen molar-refractivity contribution >= 4 is 12.1 Å². The lowest BCUT2D eigenvalue weighted by atomic mass is 9.82. The normalized spacial score (nSPS) is 24.8. The van der Waals surface area contributed by atoms with Gasteiger partial charge in [-0.05, 0) is 38.3 Å². The number of rotatable bonds is 5. The van der Waals surface area contributed by atoms with E-state index >= 15 is 0 Å². The van der Waals surface area contributed by atoms with Crippen LogP contribution in [-0.4, -0.2) is 57.3 Å². The average Bonchev–Trinajstić information content (AvgIpc) is 2.74. The van der Waals surface area contributed by atoms with Crippen molar-refractivity contribution < 1.29 is 24.3 Å². The fourth-order valence-electron chi connectivity index (χ4n) is 4.97. The molecule has 0 radical (unpaired) electrons. The lowest BCUT2D eigenvalue weighted by molar-refractivity contribution is -0.928. The van der Waals surface area contributed by atoms with Gasteiger partial charge in [0.15, 0.2) is 5.54 Å². The van der Waals surface area contributed by atoms with Gasteiger partial charge < -0.3 is 15.0 Å². The summed E-state index contributed by atoms with van der Waals surface area (Å²) in [5, 5.41) is 22.9. The summed E-state index contributed by atoms with van der Waals surface area (Å²) in [5.74, 6) is -1.00. The zero-order chi connectivity index (χ0) is 22.9. The van der Waals surface area contributed by atoms with Crippen molar-refractivity contribution in [2.24, 2.45) is 0 Å². The van der Waals surface area contributed by atoms with Gasteiger partial charge in [-0.1, -0.05) is 67.6 Å². The SMILES string of the molecule is CCC1(C(=O)O)C[N+](C(=O)[O-])(C(C)(C)C)CCN1C(c1ccccc1)c1ccccc1. The van der Waals surface area contributed by atoms with Gasteiger partial charge in [0, 0.05) is 0 Å². The highest BCUT2D eigenvalue weighted by Crippen LogP contribution is 2.42. The van der Waals surface area contributed by atoms with E-state index in [0.29, 0.717) is 6.54 Å². The van der Waals surface area contributed by atoms with E-state index in [2.05, 4.69) is 0 Å². The smallest absolute Gasteiger partial charge is 0.330 e. The minimum atomic E-state index is -1.36. The van der Waals surface area contributed by atoms with Crippen LogP contribution in [0.1, 0.15) is 51.3 Å². The summed E-state index contributed by atoms with van der Waals surface area (Å²) < 4.78 is -0.389. The third-order valence-corrected chi connectivity index (χ3v) is 6.96. The minimum Gasteiger partial charge on any atom is -0.498 e. The number of aliphatic carboxylic acids is 1. The maximum absolute atomic E-state index is 12.9. The molecule has 6 nitrogen and oxygen atoms in total. The zero-order valence-corrected chi connectivity index (χ0v) is 18.7. The molecule has 1 aliphatic heterocycles. The fraction of sp³-hybridized carbons (Fsp3) is 0.440. The Labute approximate surface area is 184 Å². The first-order chi connectivity index (χ1) is 14.6. The van der Waals surface area contributed by atoms with Crippen molar-refractivity contribution in [1.29, 1.82) is 0 Å². The van der Waals surface area contributed by atoms with E-state index in [1.807, 2.05) is 93.3 Å². The Morgan fingerprint density at radius 2 is 1.55 bits per heavy atom. The van der Waals surface area contributed by atoms with Gasteiger partial charge in [-0.25, -0.2) is 4.79 Å². The molecule has 31 heavy (non-hydrogen) atoms. The van der Waals surface area contributed by atoms with Crippen LogP contribution in [0.5, 0.6) is 0 Å². The molecule has 166 valence electrons. The highest BCUT2D eigenvalue weighted by Gasteiger charge is 2.60. The quantitative estimate of drug-likeness (QED) is 0.745. The number of nitrogens with zero attached hydrogens (tertiary/aromatic N) is 2. The van der Waals surface area contributed by atoms with Crippen molar-refractivity contribution in [3.8, 4) is 0 Å². The number of carbonyl (C=O) groups excluding carboxylic acids is 1. The third kappa shape index (κ3) is 3.86. The minimum absolute atomic E-state index is 0.0547. The fourth-order valence-corrected chi connectivity index (χ4v) is 4.97. The Bertz CT molecular complexity index is 886. The summed E-state index contributed by atoms with van der Waals surface area (Å²) in [7, 11) is 0. The number of carbonyl (C=O) groups is 2. The number of benzene rings is 2. The first-order valence-corrected chi connectivity index (χ1v) is 10.8. The highest BCUT2D eigenvalue weighted by molar-refractivity contribution is 5.80. The Morgan fingerprint density at radius 1 is 1.06 bits per heavy atom.